The van der Waals surface area contributed by atoms with Crippen LogP contribution in [0.25, 0.3) is 0 Å². The molecule has 0 aliphatic carbocycles. The Hall–Kier alpha value is -1.07. The highest BCUT2D eigenvalue weighted by atomic mass is 79.9. The molecule has 0 fully saturated rings. The summed E-state index contributed by atoms with van der Waals surface area (Å²) in [5.41, 5.74) is 6.41. The third-order valence-corrected chi connectivity index (χ3v) is 3.01. The summed E-state index contributed by atoms with van der Waals surface area (Å²) < 4.78 is 5.99. The lowest BCUT2D eigenvalue weighted by Gasteiger charge is -2.12. The minimum Gasteiger partial charge on any atom is -0.495 e. The predicted molar refractivity (Wildman–Crippen MR) is 72.2 cm³/mol. The van der Waals surface area contributed by atoms with E-state index in [4.69, 9.17) is 10.5 Å². The maximum atomic E-state index is 11.7. The molecule has 4 nitrogen and oxygen atoms in total. The molecule has 3 N–H and O–H groups in total. The molecule has 0 saturated heterocycles. The normalized spacial score (nSPS) is 12.0. The molecule has 0 spiro atoms. The van der Waals surface area contributed by atoms with Gasteiger partial charge in [0.1, 0.15) is 5.75 Å². The van der Waals surface area contributed by atoms with Crippen molar-refractivity contribution < 1.29 is 9.53 Å². The van der Waals surface area contributed by atoms with Gasteiger partial charge < -0.3 is 15.8 Å². The minimum atomic E-state index is -0.463. The maximum Gasteiger partial charge on any atom is 0.241 e. The lowest BCUT2D eigenvalue weighted by molar-refractivity contribution is -0.117. The summed E-state index contributed by atoms with van der Waals surface area (Å²) in [5.74, 6) is 0.503. The van der Waals surface area contributed by atoms with Crippen LogP contribution in [0.5, 0.6) is 5.75 Å². The Labute approximate surface area is 110 Å². The molecule has 0 saturated carbocycles. The molecule has 0 bridgehead atoms. The van der Waals surface area contributed by atoms with Crippen molar-refractivity contribution in [2.75, 3.05) is 12.4 Å². The summed E-state index contributed by atoms with van der Waals surface area (Å²) in [6.45, 7) is 2.00. The SMILES string of the molecule is CCC[C@H](N)C(=O)Nc1ccc(Br)c(OC)c1. The molecular formula is C12H17BrN2O2. The van der Waals surface area contributed by atoms with Crippen LogP contribution in [0.1, 0.15) is 19.8 Å². The third-order valence-electron chi connectivity index (χ3n) is 2.36. The van der Waals surface area contributed by atoms with Crippen molar-refractivity contribution in [3.63, 3.8) is 0 Å². The largest absolute Gasteiger partial charge is 0.495 e. The second kappa shape index (κ2) is 6.61. The number of carbonyl (C=O) groups is 1. The first-order valence-corrected chi connectivity index (χ1v) is 6.27. The molecule has 5 heteroatoms. The standard InChI is InChI=1S/C12H17BrN2O2/c1-3-4-10(14)12(16)15-8-5-6-9(13)11(7-8)17-2/h5-7,10H,3-4,14H2,1-2H3,(H,15,16)/t10-/m0/s1. The van der Waals surface area contributed by atoms with E-state index in [1.165, 1.54) is 0 Å². The highest BCUT2D eigenvalue weighted by Gasteiger charge is 2.12. The van der Waals surface area contributed by atoms with Crippen LogP contribution in [0.3, 0.4) is 0 Å². The maximum absolute atomic E-state index is 11.7. The zero-order chi connectivity index (χ0) is 12.8. The van der Waals surface area contributed by atoms with E-state index in [1.54, 1.807) is 19.2 Å². The number of carbonyl (C=O) groups excluding carboxylic acids is 1. The van der Waals surface area contributed by atoms with Gasteiger partial charge in [-0.05, 0) is 34.5 Å². The number of anilines is 1. The van der Waals surface area contributed by atoms with Gasteiger partial charge in [0, 0.05) is 11.8 Å². The first-order valence-electron chi connectivity index (χ1n) is 5.48. The Morgan fingerprint density at radius 2 is 2.29 bits per heavy atom. The number of hydrogen-bond donors (Lipinski definition) is 2. The molecule has 0 unspecified atom stereocenters. The van der Waals surface area contributed by atoms with E-state index in [9.17, 15) is 4.79 Å². The van der Waals surface area contributed by atoms with Crippen LogP contribution in [0.4, 0.5) is 5.69 Å². The number of methoxy groups -OCH3 is 1. The van der Waals surface area contributed by atoms with Crippen molar-refractivity contribution >= 4 is 27.5 Å². The fourth-order valence-corrected chi connectivity index (χ4v) is 1.82. The number of halogens is 1. The van der Waals surface area contributed by atoms with Crippen molar-refractivity contribution in [2.45, 2.75) is 25.8 Å². The van der Waals surface area contributed by atoms with E-state index in [2.05, 4.69) is 21.2 Å². The Balaban J connectivity index is 2.71. The topological polar surface area (TPSA) is 64.4 Å². The summed E-state index contributed by atoms with van der Waals surface area (Å²) in [6.07, 6.45) is 1.57. The number of nitrogens with one attached hydrogen (secondary N) is 1. The first-order chi connectivity index (χ1) is 8.08. The Morgan fingerprint density at radius 1 is 1.59 bits per heavy atom. The number of rotatable bonds is 5. The lowest BCUT2D eigenvalue weighted by Crippen LogP contribution is -2.35. The summed E-state index contributed by atoms with van der Waals surface area (Å²) in [5, 5.41) is 2.76. The molecule has 1 amide bonds. The molecule has 94 valence electrons. The average Bonchev–Trinajstić information content (AvgIpc) is 2.31. The lowest BCUT2D eigenvalue weighted by atomic mass is 10.1. The van der Waals surface area contributed by atoms with Gasteiger partial charge in [-0.25, -0.2) is 0 Å². The molecule has 0 heterocycles. The van der Waals surface area contributed by atoms with Gasteiger partial charge in [-0.15, -0.1) is 0 Å². The molecule has 0 aliphatic rings. The summed E-state index contributed by atoms with van der Waals surface area (Å²) in [6, 6.07) is 4.90. The van der Waals surface area contributed by atoms with Crippen LogP contribution in [0, 0.1) is 0 Å². The van der Waals surface area contributed by atoms with E-state index in [1.807, 2.05) is 13.0 Å². The number of hydrogen-bond acceptors (Lipinski definition) is 3. The molecule has 17 heavy (non-hydrogen) atoms. The average molecular weight is 301 g/mol. The monoisotopic (exact) mass is 300 g/mol. The second-order valence-corrected chi connectivity index (χ2v) is 4.59. The van der Waals surface area contributed by atoms with Gasteiger partial charge in [0.15, 0.2) is 0 Å². The number of ether oxygens (including phenoxy) is 1. The van der Waals surface area contributed by atoms with Crippen molar-refractivity contribution in [1.82, 2.24) is 0 Å². The molecule has 1 rings (SSSR count). The van der Waals surface area contributed by atoms with Crippen molar-refractivity contribution in [3.8, 4) is 5.75 Å². The summed E-state index contributed by atoms with van der Waals surface area (Å²) >= 11 is 3.35. The highest BCUT2D eigenvalue weighted by molar-refractivity contribution is 9.10. The fraction of sp³-hybridized carbons (Fsp3) is 0.417. The molecule has 0 aliphatic heterocycles. The smallest absolute Gasteiger partial charge is 0.241 e. The Morgan fingerprint density at radius 3 is 2.88 bits per heavy atom. The van der Waals surface area contributed by atoms with Gasteiger partial charge in [0.05, 0.1) is 17.6 Å². The van der Waals surface area contributed by atoms with Crippen LogP contribution in [0.15, 0.2) is 22.7 Å². The molecular weight excluding hydrogens is 284 g/mol. The number of benzene rings is 1. The zero-order valence-corrected chi connectivity index (χ0v) is 11.6. The van der Waals surface area contributed by atoms with Gasteiger partial charge in [-0.1, -0.05) is 13.3 Å². The van der Waals surface area contributed by atoms with Crippen molar-refractivity contribution in [1.29, 1.82) is 0 Å². The highest BCUT2D eigenvalue weighted by Crippen LogP contribution is 2.27. The van der Waals surface area contributed by atoms with E-state index in [0.29, 0.717) is 17.9 Å². The second-order valence-electron chi connectivity index (χ2n) is 3.73. The zero-order valence-electron chi connectivity index (χ0n) is 10.00. The van der Waals surface area contributed by atoms with Crippen LogP contribution < -0.4 is 15.8 Å². The molecule has 0 aromatic heterocycles. The predicted octanol–water partition coefficient (Wildman–Crippen LogP) is 2.52. The number of nitrogens with two attached hydrogens (primary N) is 1. The van der Waals surface area contributed by atoms with Gasteiger partial charge in [-0.2, -0.15) is 0 Å². The van der Waals surface area contributed by atoms with Crippen molar-refractivity contribution in [2.24, 2.45) is 5.73 Å². The van der Waals surface area contributed by atoms with Gasteiger partial charge in [-0.3, -0.25) is 4.79 Å². The van der Waals surface area contributed by atoms with Crippen molar-refractivity contribution in [3.05, 3.63) is 22.7 Å². The molecule has 1 atom stereocenters. The molecule has 1 aromatic rings. The Kier molecular flexibility index (Phi) is 5.44. The fourth-order valence-electron chi connectivity index (χ4n) is 1.41. The van der Waals surface area contributed by atoms with E-state index in [0.717, 1.165) is 10.9 Å². The van der Waals surface area contributed by atoms with E-state index < -0.39 is 6.04 Å². The van der Waals surface area contributed by atoms with Crippen LogP contribution in [0.2, 0.25) is 0 Å². The Bertz CT molecular complexity index is 396. The minimum absolute atomic E-state index is 0.170. The summed E-state index contributed by atoms with van der Waals surface area (Å²) in [4.78, 5) is 11.7. The quantitative estimate of drug-likeness (QED) is 0.878. The first kappa shape index (κ1) is 14.0. The third kappa shape index (κ3) is 4.02. The van der Waals surface area contributed by atoms with E-state index >= 15 is 0 Å². The van der Waals surface area contributed by atoms with Gasteiger partial charge in [0.25, 0.3) is 0 Å². The molecule has 0 radical (unpaired) electrons. The van der Waals surface area contributed by atoms with Crippen LogP contribution >= 0.6 is 15.9 Å². The van der Waals surface area contributed by atoms with Crippen LogP contribution in [-0.4, -0.2) is 19.1 Å². The number of amides is 1. The van der Waals surface area contributed by atoms with Gasteiger partial charge >= 0.3 is 0 Å². The molecule has 1 aromatic carbocycles. The van der Waals surface area contributed by atoms with Gasteiger partial charge in [0.2, 0.25) is 5.91 Å². The summed E-state index contributed by atoms with van der Waals surface area (Å²) in [7, 11) is 1.58. The van der Waals surface area contributed by atoms with E-state index in [-0.39, 0.29) is 5.91 Å². The van der Waals surface area contributed by atoms with Crippen LogP contribution in [-0.2, 0) is 4.79 Å².